The highest BCUT2D eigenvalue weighted by molar-refractivity contribution is 6.32. The molecule has 0 unspecified atom stereocenters. The van der Waals surface area contributed by atoms with E-state index in [-0.39, 0.29) is 45.6 Å². The summed E-state index contributed by atoms with van der Waals surface area (Å²) in [6, 6.07) is 9.42. The number of benzene rings is 2. The maximum atomic E-state index is 12.9. The molecule has 6 heteroatoms. The van der Waals surface area contributed by atoms with Crippen LogP contribution in [0, 0.1) is 0 Å². The minimum atomic E-state index is -0.365. The molecule has 0 saturated carbocycles. The Hall–Kier alpha value is -3.28. The molecule has 0 spiro atoms. The Morgan fingerprint density at radius 3 is 1.42 bits per heavy atom. The first-order valence-corrected chi connectivity index (χ1v) is 7.30. The van der Waals surface area contributed by atoms with Gasteiger partial charge in [-0.3, -0.25) is 19.2 Å². The molecule has 0 radical (unpaired) electrons. The van der Waals surface area contributed by atoms with E-state index in [9.17, 15) is 19.2 Å². The number of hydrogen-bond acceptors (Lipinski definition) is 4. The van der Waals surface area contributed by atoms with Gasteiger partial charge in [0.05, 0.1) is 22.5 Å². The first-order valence-electron chi connectivity index (χ1n) is 7.30. The fourth-order valence-corrected chi connectivity index (χ4v) is 2.83. The van der Waals surface area contributed by atoms with Crippen LogP contribution in [0.1, 0.15) is 45.7 Å². The third-order valence-corrected chi connectivity index (χ3v) is 3.69. The maximum Gasteiger partial charge on any atom is 0.221 e. The van der Waals surface area contributed by atoms with E-state index in [1.165, 1.54) is 26.0 Å². The molecule has 2 aromatic carbocycles. The van der Waals surface area contributed by atoms with Crippen molar-refractivity contribution in [1.82, 2.24) is 0 Å². The van der Waals surface area contributed by atoms with E-state index < -0.39 is 0 Å². The first kappa shape index (κ1) is 15.6. The zero-order valence-corrected chi connectivity index (χ0v) is 13.1. The largest absolute Gasteiger partial charge is 0.326 e. The highest BCUT2D eigenvalue weighted by Gasteiger charge is 2.33. The number of ketones is 2. The van der Waals surface area contributed by atoms with E-state index in [1.807, 2.05) is 0 Å². The van der Waals surface area contributed by atoms with Gasteiger partial charge in [-0.05, 0) is 12.1 Å². The van der Waals surface area contributed by atoms with Gasteiger partial charge in [-0.1, -0.05) is 24.3 Å². The van der Waals surface area contributed by atoms with Gasteiger partial charge in [-0.2, -0.15) is 0 Å². The zero-order valence-electron chi connectivity index (χ0n) is 13.1. The second-order valence-electron chi connectivity index (χ2n) is 5.48. The lowest BCUT2D eigenvalue weighted by Gasteiger charge is -2.22. The fraction of sp³-hybridized carbons (Fsp3) is 0.111. The van der Waals surface area contributed by atoms with Crippen LogP contribution in [0.2, 0.25) is 0 Å². The smallest absolute Gasteiger partial charge is 0.221 e. The first-order chi connectivity index (χ1) is 11.4. The number of carbonyl (C=O) groups is 4. The average molecular weight is 322 g/mol. The molecule has 0 saturated heterocycles. The number of nitrogens with one attached hydrogen (secondary N) is 2. The predicted molar refractivity (Wildman–Crippen MR) is 88.4 cm³/mol. The van der Waals surface area contributed by atoms with Crippen molar-refractivity contribution in [2.45, 2.75) is 13.8 Å². The van der Waals surface area contributed by atoms with Crippen molar-refractivity contribution in [2.75, 3.05) is 10.6 Å². The standard InChI is InChI=1S/C18H14N2O4/c1-9(21)19-13-7-3-5-11-15(13)17(23)12-6-4-8-14(20-10(2)22)16(12)18(11)24/h3-8H,1-2H3,(H,19,21)(H,20,22). The minimum Gasteiger partial charge on any atom is -0.326 e. The Morgan fingerprint density at radius 1 is 0.708 bits per heavy atom. The number of rotatable bonds is 2. The Kier molecular flexibility index (Phi) is 3.73. The van der Waals surface area contributed by atoms with E-state index in [1.54, 1.807) is 24.3 Å². The monoisotopic (exact) mass is 322 g/mol. The molecule has 0 aromatic heterocycles. The number of anilines is 2. The topological polar surface area (TPSA) is 92.3 Å². The molecule has 0 atom stereocenters. The second kappa shape index (κ2) is 5.73. The van der Waals surface area contributed by atoms with E-state index >= 15 is 0 Å². The van der Waals surface area contributed by atoms with Crippen molar-refractivity contribution in [3.8, 4) is 0 Å². The highest BCUT2D eigenvalue weighted by Crippen LogP contribution is 2.35. The molecule has 0 aliphatic heterocycles. The summed E-state index contributed by atoms with van der Waals surface area (Å²) in [6.07, 6.45) is 0. The molecule has 3 rings (SSSR count). The van der Waals surface area contributed by atoms with Gasteiger partial charge in [0, 0.05) is 25.0 Å². The summed E-state index contributed by atoms with van der Waals surface area (Å²) in [5.74, 6) is -1.39. The third-order valence-electron chi connectivity index (χ3n) is 3.69. The Morgan fingerprint density at radius 2 is 1.08 bits per heavy atom. The fourth-order valence-electron chi connectivity index (χ4n) is 2.83. The molecule has 1 aliphatic carbocycles. The van der Waals surface area contributed by atoms with Crippen LogP contribution in [-0.4, -0.2) is 23.4 Å². The van der Waals surface area contributed by atoms with Crippen LogP contribution in [0.25, 0.3) is 0 Å². The van der Waals surface area contributed by atoms with Crippen LogP contribution in [-0.2, 0) is 9.59 Å². The summed E-state index contributed by atoms with van der Waals surface area (Å²) in [4.78, 5) is 48.5. The minimum absolute atomic E-state index is 0.171. The summed E-state index contributed by atoms with van der Waals surface area (Å²) < 4.78 is 0. The van der Waals surface area contributed by atoms with Gasteiger partial charge in [-0.15, -0.1) is 0 Å². The predicted octanol–water partition coefficient (Wildman–Crippen LogP) is 2.38. The van der Waals surface area contributed by atoms with Crippen molar-refractivity contribution in [3.05, 3.63) is 58.7 Å². The van der Waals surface area contributed by atoms with Crippen LogP contribution in [0.5, 0.6) is 0 Å². The van der Waals surface area contributed by atoms with E-state index in [4.69, 9.17) is 0 Å². The maximum absolute atomic E-state index is 12.9. The molecule has 120 valence electrons. The molecule has 0 heterocycles. The number of fused-ring (bicyclic) bond motifs is 2. The molecule has 6 nitrogen and oxygen atoms in total. The summed E-state index contributed by atoms with van der Waals surface area (Å²) in [5, 5.41) is 5.16. The summed E-state index contributed by atoms with van der Waals surface area (Å²) in [5.41, 5.74) is 1.35. The Bertz CT molecular complexity index is 840. The van der Waals surface area contributed by atoms with Crippen molar-refractivity contribution < 1.29 is 19.2 Å². The Labute approximate surface area is 137 Å². The lowest BCUT2D eigenvalue weighted by molar-refractivity contribution is -0.115. The lowest BCUT2D eigenvalue weighted by Crippen LogP contribution is -2.25. The molecule has 2 aromatic rings. The molecular formula is C18H14N2O4. The van der Waals surface area contributed by atoms with Gasteiger partial charge in [0.25, 0.3) is 0 Å². The van der Waals surface area contributed by atoms with E-state index in [2.05, 4.69) is 10.6 Å². The molecular weight excluding hydrogens is 308 g/mol. The van der Waals surface area contributed by atoms with Gasteiger partial charge in [-0.25, -0.2) is 0 Å². The van der Waals surface area contributed by atoms with Crippen LogP contribution >= 0.6 is 0 Å². The van der Waals surface area contributed by atoms with Crippen LogP contribution < -0.4 is 10.6 Å². The van der Waals surface area contributed by atoms with Crippen molar-refractivity contribution in [3.63, 3.8) is 0 Å². The summed E-state index contributed by atoms with van der Waals surface area (Å²) in [7, 11) is 0. The second-order valence-corrected chi connectivity index (χ2v) is 5.48. The van der Waals surface area contributed by atoms with E-state index in [0.717, 1.165) is 0 Å². The lowest BCUT2D eigenvalue weighted by atomic mass is 9.82. The summed E-state index contributed by atoms with van der Waals surface area (Å²) >= 11 is 0. The molecule has 0 bridgehead atoms. The van der Waals surface area contributed by atoms with Crippen LogP contribution in [0.4, 0.5) is 11.4 Å². The molecule has 1 aliphatic rings. The van der Waals surface area contributed by atoms with Gasteiger partial charge < -0.3 is 10.6 Å². The van der Waals surface area contributed by atoms with Crippen LogP contribution in [0.3, 0.4) is 0 Å². The van der Waals surface area contributed by atoms with E-state index in [0.29, 0.717) is 11.4 Å². The SMILES string of the molecule is CC(=O)Nc1cccc2c1C(=O)c1cccc(NC(C)=O)c1C2=O. The van der Waals surface area contributed by atoms with Crippen molar-refractivity contribution in [2.24, 2.45) is 0 Å². The zero-order chi connectivity index (χ0) is 17.4. The Balaban J connectivity index is 2.22. The summed E-state index contributed by atoms with van der Waals surface area (Å²) in [6.45, 7) is 2.66. The highest BCUT2D eigenvalue weighted by atomic mass is 16.2. The van der Waals surface area contributed by atoms with Gasteiger partial charge in [0.1, 0.15) is 0 Å². The van der Waals surface area contributed by atoms with Crippen LogP contribution in [0.15, 0.2) is 36.4 Å². The number of carbonyl (C=O) groups excluding carboxylic acids is 4. The molecule has 2 N–H and O–H groups in total. The molecule has 24 heavy (non-hydrogen) atoms. The molecule has 2 amide bonds. The third kappa shape index (κ3) is 2.48. The van der Waals surface area contributed by atoms with Gasteiger partial charge >= 0.3 is 0 Å². The van der Waals surface area contributed by atoms with Crippen molar-refractivity contribution >= 4 is 34.8 Å². The van der Waals surface area contributed by atoms with Crippen molar-refractivity contribution in [1.29, 1.82) is 0 Å². The van der Waals surface area contributed by atoms with Gasteiger partial charge in [0.15, 0.2) is 11.6 Å². The normalized spacial score (nSPS) is 12.2. The van der Waals surface area contributed by atoms with Gasteiger partial charge in [0.2, 0.25) is 11.8 Å². The number of amides is 2. The molecule has 0 fully saturated rings. The number of hydrogen-bond donors (Lipinski definition) is 2. The quantitative estimate of drug-likeness (QED) is 0.757. The average Bonchev–Trinajstić information content (AvgIpc) is 2.51.